The molecule has 0 radical (unpaired) electrons. The molecular weight excluding hydrogens is 336 g/mol. The molecule has 2 heteroatoms. The van der Waals surface area contributed by atoms with Crippen LogP contribution in [0.3, 0.4) is 0 Å². The molecule has 5 rings (SSSR count). The van der Waals surface area contributed by atoms with Crippen LogP contribution in [0.1, 0.15) is 10.6 Å². The van der Waals surface area contributed by atoms with E-state index < -0.39 is 0 Å². The first-order valence-corrected chi connectivity index (χ1v) is 9.26. The van der Waals surface area contributed by atoms with Crippen LogP contribution in [0.2, 0.25) is 0 Å². The van der Waals surface area contributed by atoms with Gasteiger partial charge >= 0.3 is 0 Å². The van der Waals surface area contributed by atoms with Gasteiger partial charge < -0.3 is 4.42 Å². The largest absolute Gasteiger partial charge is 0.456 e. The molecule has 0 saturated heterocycles. The Morgan fingerprint density at radius 2 is 1.42 bits per heavy atom. The second kappa shape index (κ2) is 6.22. The van der Waals surface area contributed by atoms with E-state index in [1.165, 1.54) is 32.0 Å². The number of rotatable bonds is 1. The van der Waals surface area contributed by atoms with Gasteiger partial charge in [-0.2, -0.15) is 0 Å². The van der Waals surface area contributed by atoms with E-state index in [0.29, 0.717) is 5.76 Å². The molecule has 122 valence electrons. The number of thiophene rings is 1. The van der Waals surface area contributed by atoms with Gasteiger partial charge in [0.15, 0.2) is 5.76 Å². The van der Waals surface area contributed by atoms with Crippen LogP contribution in [0, 0.1) is 11.8 Å². The van der Waals surface area contributed by atoms with Crippen LogP contribution in [0.5, 0.6) is 0 Å². The third-order valence-electron chi connectivity index (χ3n) is 4.45. The van der Waals surface area contributed by atoms with E-state index in [1.54, 1.807) is 17.6 Å². The number of benzene rings is 3. The second-order valence-electron chi connectivity index (χ2n) is 6.09. The average molecular weight is 350 g/mol. The minimum absolute atomic E-state index is 0.690. The lowest BCUT2D eigenvalue weighted by Gasteiger charge is -2.10. The Balaban J connectivity index is 1.71. The zero-order chi connectivity index (χ0) is 17.3. The van der Waals surface area contributed by atoms with E-state index in [0.717, 1.165) is 4.88 Å². The number of hydrogen-bond donors (Lipinski definition) is 0. The van der Waals surface area contributed by atoms with Crippen molar-refractivity contribution in [3.63, 3.8) is 0 Å². The van der Waals surface area contributed by atoms with Crippen molar-refractivity contribution in [1.82, 2.24) is 0 Å². The van der Waals surface area contributed by atoms with Crippen molar-refractivity contribution in [2.75, 3.05) is 0 Å². The Morgan fingerprint density at radius 3 is 2.12 bits per heavy atom. The molecule has 2 heterocycles. The lowest BCUT2D eigenvalue weighted by atomic mass is 9.96. The van der Waals surface area contributed by atoms with Gasteiger partial charge in [-0.1, -0.05) is 48.5 Å². The van der Waals surface area contributed by atoms with Gasteiger partial charge in [-0.15, -0.1) is 11.3 Å². The van der Waals surface area contributed by atoms with Crippen molar-refractivity contribution in [2.45, 2.75) is 0 Å². The van der Waals surface area contributed by atoms with Crippen molar-refractivity contribution in [2.24, 2.45) is 0 Å². The summed E-state index contributed by atoms with van der Waals surface area (Å²) in [6.07, 6.45) is 1.64. The van der Waals surface area contributed by atoms with E-state index >= 15 is 0 Å². The fraction of sp³-hybridized carbons (Fsp3) is 0. The first-order valence-electron chi connectivity index (χ1n) is 8.45. The lowest BCUT2D eigenvalue weighted by Crippen LogP contribution is -1.82. The van der Waals surface area contributed by atoms with Crippen LogP contribution in [0.4, 0.5) is 0 Å². The summed E-state index contributed by atoms with van der Waals surface area (Å²) in [4.78, 5) is 2.27. The smallest absolute Gasteiger partial charge is 0.176 e. The lowest BCUT2D eigenvalue weighted by molar-refractivity contribution is 0.554. The molecule has 3 aromatic carbocycles. The van der Waals surface area contributed by atoms with Crippen LogP contribution in [-0.2, 0) is 0 Å². The van der Waals surface area contributed by atoms with Gasteiger partial charge in [-0.3, -0.25) is 0 Å². The summed E-state index contributed by atoms with van der Waals surface area (Å²) in [6.45, 7) is 0. The second-order valence-corrected chi connectivity index (χ2v) is 7.17. The molecule has 0 fully saturated rings. The fourth-order valence-corrected chi connectivity index (χ4v) is 4.22. The van der Waals surface area contributed by atoms with Gasteiger partial charge in [0.1, 0.15) is 0 Å². The van der Waals surface area contributed by atoms with E-state index in [9.17, 15) is 0 Å². The van der Waals surface area contributed by atoms with Gasteiger partial charge in [0, 0.05) is 10.4 Å². The third-order valence-corrected chi connectivity index (χ3v) is 5.47. The summed E-state index contributed by atoms with van der Waals surface area (Å²) in [6, 6.07) is 27.4. The summed E-state index contributed by atoms with van der Waals surface area (Å²) in [7, 11) is 0. The van der Waals surface area contributed by atoms with Gasteiger partial charge in [0.2, 0.25) is 0 Å². The van der Waals surface area contributed by atoms with E-state index in [2.05, 4.69) is 78.6 Å². The maximum atomic E-state index is 5.29. The van der Waals surface area contributed by atoms with Crippen molar-refractivity contribution < 1.29 is 4.42 Å². The fourth-order valence-electron chi connectivity index (χ4n) is 3.29. The summed E-state index contributed by atoms with van der Waals surface area (Å²) >= 11 is 1.72. The summed E-state index contributed by atoms with van der Waals surface area (Å²) in [5.74, 6) is 6.97. The Hall–Kier alpha value is -3.28. The predicted molar refractivity (Wildman–Crippen MR) is 109 cm³/mol. The quantitative estimate of drug-likeness (QED) is 0.242. The highest BCUT2D eigenvalue weighted by Gasteiger charge is 2.11. The standard InChI is InChI=1S/C24H14OS/c1-3-9-21-17(6-1)16-18-7-2-4-10-22(18)24(21)23-14-13-20(26-23)12-11-19-8-5-15-25-19/h1-10,13-16H. The highest BCUT2D eigenvalue weighted by molar-refractivity contribution is 7.16. The molecule has 0 atom stereocenters. The van der Waals surface area contributed by atoms with Gasteiger partial charge in [-0.25, -0.2) is 0 Å². The first kappa shape index (κ1) is 15.0. The highest BCUT2D eigenvalue weighted by atomic mass is 32.1. The average Bonchev–Trinajstić information content (AvgIpc) is 3.36. The molecule has 5 aromatic rings. The maximum Gasteiger partial charge on any atom is 0.176 e. The van der Waals surface area contributed by atoms with Gasteiger partial charge in [0.25, 0.3) is 0 Å². The Labute approximate surface area is 155 Å². The van der Waals surface area contributed by atoms with Crippen LogP contribution in [0.25, 0.3) is 32.0 Å². The normalized spacial score (nSPS) is 10.8. The minimum Gasteiger partial charge on any atom is -0.456 e. The monoisotopic (exact) mass is 350 g/mol. The molecule has 0 spiro atoms. The predicted octanol–water partition coefficient (Wildman–Crippen LogP) is 6.71. The Morgan fingerprint density at radius 1 is 0.692 bits per heavy atom. The van der Waals surface area contributed by atoms with Crippen LogP contribution >= 0.6 is 11.3 Å². The summed E-state index contributed by atoms with van der Waals surface area (Å²) in [5.41, 5.74) is 1.29. The molecular formula is C24H14OS. The molecule has 0 aliphatic rings. The van der Waals surface area contributed by atoms with E-state index in [-0.39, 0.29) is 0 Å². The topological polar surface area (TPSA) is 13.1 Å². The Kier molecular flexibility index (Phi) is 3.59. The third kappa shape index (κ3) is 2.60. The minimum atomic E-state index is 0.690. The molecule has 0 saturated carbocycles. The van der Waals surface area contributed by atoms with Crippen molar-refractivity contribution >= 4 is 32.9 Å². The van der Waals surface area contributed by atoms with Crippen molar-refractivity contribution in [1.29, 1.82) is 0 Å². The van der Waals surface area contributed by atoms with E-state index in [4.69, 9.17) is 4.42 Å². The number of hydrogen-bond acceptors (Lipinski definition) is 2. The molecule has 0 aliphatic carbocycles. The van der Waals surface area contributed by atoms with Crippen molar-refractivity contribution in [3.8, 4) is 22.3 Å². The summed E-state index contributed by atoms with van der Waals surface area (Å²) in [5, 5.41) is 5.08. The summed E-state index contributed by atoms with van der Waals surface area (Å²) < 4.78 is 5.29. The molecule has 1 nitrogen and oxygen atoms in total. The first-order chi connectivity index (χ1) is 12.9. The van der Waals surface area contributed by atoms with Crippen LogP contribution in [-0.4, -0.2) is 0 Å². The molecule has 2 aromatic heterocycles. The zero-order valence-corrected chi connectivity index (χ0v) is 14.7. The highest BCUT2D eigenvalue weighted by Crippen LogP contribution is 2.39. The molecule has 0 unspecified atom stereocenters. The molecule has 0 aliphatic heterocycles. The molecule has 0 N–H and O–H groups in total. The van der Waals surface area contributed by atoms with Crippen LogP contribution in [0.15, 0.2) is 89.5 Å². The zero-order valence-electron chi connectivity index (χ0n) is 13.9. The maximum absolute atomic E-state index is 5.29. The van der Waals surface area contributed by atoms with E-state index in [1.807, 2.05) is 12.1 Å². The number of furan rings is 1. The van der Waals surface area contributed by atoms with Crippen molar-refractivity contribution in [3.05, 3.63) is 95.8 Å². The van der Waals surface area contributed by atoms with Crippen LogP contribution < -0.4 is 0 Å². The SMILES string of the molecule is C(#Cc1ccc(-c2c3ccccc3cc3ccccc23)s1)c1ccco1. The van der Waals surface area contributed by atoms with Gasteiger partial charge in [0.05, 0.1) is 11.1 Å². The molecule has 0 bridgehead atoms. The Bertz CT molecular complexity index is 1230. The molecule has 26 heavy (non-hydrogen) atoms. The van der Waals surface area contributed by atoms with Gasteiger partial charge in [-0.05, 0) is 63.7 Å². The molecule has 0 amide bonds. The number of fused-ring (bicyclic) bond motifs is 2.